The molecular formula is C33H43FN8O3. The Bertz CT molecular complexity index is 1500. The monoisotopic (exact) mass is 618 g/mol. The standard InChI is InChI=1S/C33H43FN8O3/c1-5-25-29(36-19-27(31(43)45-33(2,3)4)41-32(44)39-24-10-6-9-23(34)18-24)37-20-38-30(25)42-16-13-21(14-17-42)26-12-11-22-8-7-15-35-28(22)40-26/h6,9-12,18,20-21,27H,5,7-8,13-17,19H2,1-4H3,(H,35,40)(H,36,37,38)(H2,39,41,44)/t27-/m0/s1. The quantitative estimate of drug-likeness (QED) is 0.237. The number of hydrogen-bond acceptors (Lipinski definition) is 9. The van der Waals surface area contributed by atoms with E-state index in [-0.39, 0.29) is 12.2 Å². The van der Waals surface area contributed by atoms with Gasteiger partial charge in [0.2, 0.25) is 0 Å². The highest BCUT2D eigenvalue weighted by Gasteiger charge is 2.29. The average Bonchev–Trinajstić information content (AvgIpc) is 3.01. The van der Waals surface area contributed by atoms with E-state index in [1.807, 2.05) is 6.92 Å². The molecule has 1 atom stereocenters. The third-order valence-corrected chi connectivity index (χ3v) is 7.96. The van der Waals surface area contributed by atoms with Gasteiger partial charge in [-0.2, -0.15) is 0 Å². The molecule has 2 aliphatic heterocycles. The first-order chi connectivity index (χ1) is 21.6. The zero-order valence-corrected chi connectivity index (χ0v) is 26.5. The largest absolute Gasteiger partial charge is 0.458 e. The molecule has 0 spiro atoms. The van der Waals surface area contributed by atoms with Crippen molar-refractivity contribution in [3.05, 3.63) is 65.4 Å². The predicted molar refractivity (Wildman–Crippen MR) is 173 cm³/mol. The summed E-state index contributed by atoms with van der Waals surface area (Å²) in [5, 5.41) is 11.9. The number of amides is 2. The Balaban J connectivity index is 1.25. The molecule has 0 aliphatic carbocycles. The molecular weight excluding hydrogens is 575 g/mol. The molecule has 11 nitrogen and oxygen atoms in total. The van der Waals surface area contributed by atoms with Gasteiger partial charge in [-0.15, -0.1) is 0 Å². The molecule has 240 valence electrons. The molecule has 12 heteroatoms. The number of nitrogens with zero attached hydrogens (tertiary/aromatic N) is 4. The van der Waals surface area contributed by atoms with Gasteiger partial charge in [0.1, 0.15) is 41.2 Å². The summed E-state index contributed by atoms with van der Waals surface area (Å²) in [7, 11) is 0. The van der Waals surface area contributed by atoms with Crippen LogP contribution in [-0.2, 0) is 22.4 Å². The maximum atomic E-state index is 13.6. The topological polar surface area (TPSA) is 133 Å². The Kier molecular flexibility index (Phi) is 9.99. The fourth-order valence-corrected chi connectivity index (χ4v) is 5.77. The smallest absolute Gasteiger partial charge is 0.331 e. The minimum absolute atomic E-state index is 0.0229. The number of fused-ring (bicyclic) bond motifs is 1. The van der Waals surface area contributed by atoms with Gasteiger partial charge in [-0.1, -0.05) is 19.1 Å². The maximum absolute atomic E-state index is 13.6. The molecule has 4 N–H and O–H groups in total. The summed E-state index contributed by atoms with van der Waals surface area (Å²) in [6.07, 6.45) is 6.34. The maximum Gasteiger partial charge on any atom is 0.331 e. The Morgan fingerprint density at radius 1 is 1.16 bits per heavy atom. The summed E-state index contributed by atoms with van der Waals surface area (Å²) >= 11 is 0. The molecule has 2 amide bonds. The second-order valence-corrected chi connectivity index (χ2v) is 12.5. The number of esters is 1. The van der Waals surface area contributed by atoms with Gasteiger partial charge in [-0.05, 0) is 82.7 Å². The highest BCUT2D eigenvalue weighted by atomic mass is 19.1. The van der Waals surface area contributed by atoms with Crippen LogP contribution >= 0.6 is 0 Å². The van der Waals surface area contributed by atoms with E-state index in [9.17, 15) is 14.0 Å². The lowest BCUT2D eigenvalue weighted by atomic mass is 9.92. The number of aromatic nitrogens is 3. The third kappa shape index (κ3) is 8.37. The summed E-state index contributed by atoms with van der Waals surface area (Å²) in [6.45, 7) is 9.99. The molecule has 0 bridgehead atoms. The Morgan fingerprint density at radius 2 is 1.96 bits per heavy atom. The molecule has 0 radical (unpaired) electrons. The van der Waals surface area contributed by atoms with E-state index >= 15 is 0 Å². The number of hydrogen-bond donors (Lipinski definition) is 4. The van der Waals surface area contributed by atoms with E-state index in [1.54, 1.807) is 26.8 Å². The van der Waals surface area contributed by atoms with Crippen molar-refractivity contribution in [3.63, 3.8) is 0 Å². The number of anilines is 4. The summed E-state index contributed by atoms with van der Waals surface area (Å²) in [6, 6.07) is 8.22. The first-order valence-electron chi connectivity index (χ1n) is 15.7. The van der Waals surface area contributed by atoms with Crippen molar-refractivity contribution in [2.45, 2.75) is 77.4 Å². The summed E-state index contributed by atoms with van der Waals surface area (Å²) in [5.41, 5.74) is 2.88. The zero-order valence-electron chi connectivity index (χ0n) is 26.5. The van der Waals surface area contributed by atoms with Crippen molar-refractivity contribution in [1.29, 1.82) is 0 Å². The number of rotatable bonds is 9. The molecule has 3 aromatic rings. The van der Waals surface area contributed by atoms with Gasteiger partial charge in [0.15, 0.2) is 0 Å². The molecule has 0 unspecified atom stereocenters. The molecule has 45 heavy (non-hydrogen) atoms. The Morgan fingerprint density at radius 3 is 2.69 bits per heavy atom. The van der Waals surface area contributed by atoms with E-state index in [1.165, 1.54) is 30.1 Å². The second-order valence-electron chi connectivity index (χ2n) is 12.5. The summed E-state index contributed by atoms with van der Waals surface area (Å²) in [4.78, 5) is 42.3. The molecule has 1 fully saturated rings. The number of halogens is 1. The van der Waals surface area contributed by atoms with Gasteiger partial charge < -0.3 is 30.9 Å². The van der Waals surface area contributed by atoms with Crippen molar-refractivity contribution in [2.75, 3.05) is 47.0 Å². The van der Waals surface area contributed by atoms with Crippen LogP contribution in [0, 0.1) is 5.82 Å². The molecule has 0 saturated carbocycles. The van der Waals surface area contributed by atoms with Crippen molar-refractivity contribution >= 4 is 35.1 Å². The number of carbonyl (C=O) groups excluding carboxylic acids is 2. The van der Waals surface area contributed by atoms with E-state index in [0.717, 1.165) is 68.2 Å². The highest BCUT2D eigenvalue weighted by Crippen LogP contribution is 2.33. The number of urea groups is 1. The number of piperidine rings is 1. The number of aryl methyl sites for hydroxylation is 1. The molecule has 4 heterocycles. The first-order valence-corrected chi connectivity index (χ1v) is 15.7. The van der Waals surface area contributed by atoms with Crippen LogP contribution in [0.25, 0.3) is 0 Å². The number of pyridine rings is 1. The van der Waals surface area contributed by atoms with Crippen molar-refractivity contribution in [3.8, 4) is 0 Å². The van der Waals surface area contributed by atoms with Gasteiger partial charge in [0.25, 0.3) is 0 Å². The number of carbonyl (C=O) groups is 2. The normalized spacial score (nSPS) is 15.8. The van der Waals surface area contributed by atoms with Crippen molar-refractivity contribution in [1.82, 2.24) is 20.3 Å². The van der Waals surface area contributed by atoms with Gasteiger partial charge >= 0.3 is 12.0 Å². The molecule has 1 saturated heterocycles. The fraction of sp³-hybridized carbons (Fsp3) is 0.485. The number of ether oxygens (including phenoxy) is 1. The van der Waals surface area contributed by atoms with Crippen LogP contribution in [0.15, 0.2) is 42.7 Å². The van der Waals surface area contributed by atoms with Gasteiger partial charge in [-0.3, -0.25) is 0 Å². The van der Waals surface area contributed by atoms with Gasteiger partial charge in [0.05, 0.1) is 0 Å². The average molecular weight is 619 g/mol. The van der Waals surface area contributed by atoms with Crippen LogP contribution in [0.2, 0.25) is 0 Å². The lowest BCUT2D eigenvalue weighted by molar-refractivity contribution is -0.156. The predicted octanol–water partition coefficient (Wildman–Crippen LogP) is 5.26. The molecule has 2 aromatic heterocycles. The van der Waals surface area contributed by atoms with E-state index in [4.69, 9.17) is 9.72 Å². The lowest BCUT2D eigenvalue weighted by Gasteiger charge is -2.34. The zero-order chi connectivity index (χ0) is 32.0. The van der Waals surface area contributed by atoms with Crippen molar-refractivity contribution < 1.29 is 18.7 Å². The minimum atomic E-state index is -1.05. The van der Waals surface area contributed by atoms with Crippen LogP contribution in [0.4, 0.5) is 32.3 Å². The Labute approximate surface area is 263 Å². The van der Waals surface area contributed by atoms with Gasteiger partial charge in [-0.25, -0.2) is 28.9 Å². The van der Waals surface area contributed by atoms with E-state index in [0.29, 0.717) is 18.2 Å². The second kappa shape index (κ2) is 14.1. The minimum Gasteiger partial charge on any atom is -0.458 e. The van der Waals surface area contributed by atoms with Crippen LogP contribution in [0.3, 0.4) is 0 Å². The Hall–Kier alpha value is -4.48. The SMILES string of the molecule is CCc1c(NC[C@H](NC(=O)Nc2cccc(F)c2)C(=O)OC(C)(C)C)ncnc1N1CCC(c2ccc3c(n2)NCCC3)CC1. The van der Waals surface area contributed by atoms with Crippen LogP contribution in [-0.4, -0.2) is 64.8 Å². The van der Waals surface area contributed by atoms with Crippen LogP contribution in [0.1, 0.15) is 69.7 Å². The molecule has 2 aliphatic rings. The number of benzene rings is 1. The van der Waals surface area contributed by atoms with Crippen LogP contribution in [0.5, 0.6) is 0 Å². The van der Waals surface area contributed by atoms with E-state index < -0.39 is 29.5 Å². The van der Waals surface area contributed by atoms with Gasteiger partial charge in [0, 0.05) is 49.0 Å². The van der Waals surface area contributed by atoms with Crippen molar-refractivity contribution in [2.24, 2.45) is 0 Å². The summed E-state index contributed by atoms with van der Waals surface area (Å²) in [5.74, 6) is 1.78. The highest BCUT2D eigenvalue weighted by molar-refractivity contribution is 5.92. The molecule has 5 rings (SSSR count). The third-order valence-electron chi connectivity index (χ3n) is 7.96. The fourth-order valence-electron chi connectivity index (χ4n) is 5.77. The number of nitrogens with one attached hydrogen (secondary N) is 4. The summed E-state index contributed by atoms with van der Waals surface area (Å²) < 4.78 is 19.2. The van der Waals surface area contributed by atoms with E-state index in [2.05, 4.69) is 48.3 Å². The first kappa shape index (κ1) is 31.9. The van der Waals surface area contributed by atoms with Crippen LogP contribution < -0.4 is 26.2 Å². The lowest BCUT2D eigenvalue weighted by Crippen LogP contribution is -2.49. The molecule has 1 aromatic carbocycles.